The van der Waals surface area contributed by atoms with Crippen molar-refractivity contribution in [3.63, 3.8) is 0 Å². The smallest absolute Gasteiger partial charge is 0.279 e. The summed E-state index contributed by atoms with van der Waals surface area (Å²) in [5, 5.41) is 0.305. The number of sulfone groups is 1. The molecule has 10 heteroatoms. The summed E-state index contributed by atoms with van der Waals surface area (Å²) >= 11 is 1.33. The van der Waals surface area contributed by atoms with E-state index in [1.54, 1.807) is 37.4 Å². The lowest BCUT2D eigenvalue weighted by molar-refractivity contribution is 0.100. The average molecular weight is 463 g/mol. The fourth-order valence-corrected chi connectivity index (χ4v) is 7.64. The molecule has 2 aromatic rings. The molecule has 0 N–H and O–H groups in total. The van der Waals surface area contributed by atoms with E-state index in [0.717, 1.165) is 5.69 Å². The van der Waals surface area contributed by atoms with Crippen LogP contribution in [0.2, 0.25) is 0 Å². The predicted octanol–water partition coefficient (Wildman–Crippen LogP) is 2.63. The van der Waals surface area contributed by atoms with Gasteiger partial charge in [0.15, 0.2) is 26.5 Å². The van der Waals surface area contributed by atoms with Crippen LogP contribution in [0.1, 0.15) is 10.4 Å². The van der Waals surface area contributed by atoms with Gasteiger partial charge < -0.3 is 19.1 Å². The van der Waals surface area contributed by atoms with Crippen LogP contribution in [0.5, 0.6) is 17.2 Å². The van der Waals surface area contributed by atoms with E-state index in [-0.39, 0.29) is 22.8 Å². The van der Waals surface area contributed by atoms with E-state index >= 15 is 0 Å². The van der Waals surface area contributed by atoms with Crippen LogP contribution in [0.4, 0.5) is 5.69 Å². The normalized spacial score (nSPS) is 22.9. The highest BCUT2D eigenvalue weighted by atomic mass is 32.2. The van der Waals surface area contributed by atoms with Crippen molar-refractivity contribution in [3.05, 3.63) is 48.0 Å². The van der Waals surface area contributed by atoms with Gasteiger partial charge >= 0.3 is 0 Å². The maximum absolute atomic E-state index is 12.9. The van der Waals surface area contributed by atoms with Crippen molar-refractivity contribution in [1.29, 1.82) is 0 Å². The van der Waals surface area contributed by atoms with Gasteiger partial charge in [-0.15, -0.1) is 0 Å². The topological polar surface area (TPSA) is 94.5 Å². The summed E-state index contributed by atoms with van der Waals surface area (Å²) in [6, 6.07) is 11.8. The lowest BCUT2D eigenvalue weighted by Crippen LogP contribution is -2.37. The molecule has 0 aliphatic carbocycles. The molecule has 8 nitrogen and oxygen atoms in total. The number of carbonyl (C=O) groups is 1. The van der Waals surface area contributed by atoms with E-state index in [0.29, 0.717) is 28.0 Å². The number of hydrogen-bond acceptors (Lipinski definition) is 7. The van der Waals surface area contributed by atoms with E-state index in [9.17, 15) is 13.2 Å². The number of ether oxygens (including phenoxy) is 3. The molecule has 164 valence electrons. The monoisotopic (exact) mass is 462 g/mol. The second-order valence-corrected chi connectivity index (χ2v) is 10.5. The molecule has 1 amide bonds. The zero-order valence-corrected chi connectivity index (χ0v) is 18.9. The van der Waals surface area contributed by atoms with Gasteiger partial charge in [-0.1, -0.05) is 11.8 Å². The number of methoxy groups -OCH3 is 3. The van der Waals surface area contributed by atoms with Gasteiger partial charge in [-0.25, -0.2) is 8.42 Å². The number of rotatable bonds is 5. The van der Waals surface area contributed by atoms with Gasteiger partial charge in [0.25, 0.3) is 5.91 Å². The molecule has 2 aliphatic heterocycles. The van der Waals surface area contributed by atoms with Crippen molar-refractivity contribution in [2.24, 2.45) is 4.99 Å². The molecule has 4 rings (SSSR count). The molecule has 2 saturated heterocycles. The molecule has 2 aromatic carbocycles. The number of aliphatic imine (C=N–C) groups is 1. The van der Waals surface area contributed by atoms with E-state index in [4.69, 9.17) is 14.2 Å². The van der Waals surface area contributed by atoms with Crippen LogP contribution in [-0.4, -0.2) is 63.6 Å². The van der Waals surface area contributed by atoms with Crippen LogP contribution in [0, 0.1) is 0 Å². The molecular formula is C21H22N2O6S2. The Morgan fingerprint density at radius 2 is 1.71 bits per heavy atom. The van der Waals surface area contributed by atoms with Gasteiger partial charge in [0.2, 0.25) is 0 Å². The maximum Gasteiger partial charge on any atom is 0.279 e. The van der Waals surface area contributed by atoms with Crippen molar-refractivity contribution in [2.45, 2.75) is 11.3 Å². The largest absolute Gasteiger partial charge is 0.497 e. The number of thioether (sulfide) groups is 1. The Kier molecular flexibility index (Phi) is 5.85. The summed E-state index contributed by atoms with van der Waals surface area (Å²) in [4.78, 5) is 19.1. The third kappa shape index (κ3) is 4.22. The number of nitrogens with zero attached hydrogens (tertiary/aromatic N) is 2. The number of fused-ring (bicyclic) bond motifs is 1. The minimum Gasteiger partial charge on any atom is -0.497 e. The van der Waals surface area contributed by atoms with Gasteiger partial charge in [0, 0.05) is 16.5 Å². The third-order valence-corrected chi connectivity index (χ3v) is 8.45. The Labute approximate surface area is 185 Å². The highest BCUT2D eigenvalue weighted by molar-refractivity contribution is 8.16. The minimum atomic E-state index is -3.14. The number of hydrogen-bond donors (Lipinski definition) is 0. The summed E-state index contributed by atoms with van der Waals surface area (Å²) in [7, 11) is 1.46. The second kappa shape index (κ2) is 8.43. The summed E-state index contributed by atoms with van der Waals surface area (Å²) < 4.78 is 40.1. The molecule has 0 unspecified atom stereocenters. The summed E-state index contributed by atoms with van der Waals surface area (Å²) in [5.74, 6) is 1.29. The Balaban J connectivity index is 1.70. The highest BCUT2D eigenvalue weighted by Gasteiger charge is 2.49. The number of carbonyl (C=O) groups excluding carboxylic acids is 1. The first-order valence-electron chi connectivity index (χ1n) is 9.50. The van der Waals surface area contributed by atoms with Gasteiger partial charge in [-0.05, 0) is 42.5 Å². The Morgan fingerprint density at radius 1 is 1.00 bits per heavy atom. The van der Waals surface area contributed by atoms with Crippen LogP contribution in [0.25, 0.3) is 0 Å². The van der Waals surface area contributed by atoms with Gasteiger partial charge in [0.1, 0.15) is 5.75 Å². The van der Waals surface area contributed by atoms with Crippen LogP contribution >= 0.6 is 11.8 Å². The molecule has 2 aliphatic rings. The number of benzene rings is 2. The summed E-state index contributed by atoms with van der Waals surface area (Å²) in [6.07, 6.45) is 0. The molecule has 2 heterocycles. The van der Waals surface area contributed by atoms with Crippen molar-refractivity contribution >= 4 is 38.4 Å². The predicted molar refractivity (Wildman–Crippen MR) is 121 cm³/mol. The molecule has 0 radical (unpaired) electrons. The van der Waals surface area contributed by atoms with Gasteiger partial charge in [-0.3, -0.25) is 4.79 Å². The molecule has 2 atom stereocenters. The molecule has 0 bridgehead atoms. The first-order valence-corrected chi connectivity index (χ1v) is 12.2. The highest BCUT2D eigenvalue weighted by Crippen LogP contribution is 2.41. The molecule has 0 spiro atoms. The van der Waals surface area contributed by atoms with Crippen molar-refractivity contribution in [2.75, 3.05) is 37.7 Å². The van der Waals surface area contributed by atoms with Crippen LogP contribution in [-0.2, 0) is 9.84 Å². The van der Waals surface area contributed by atoms with Crippen molar-refractivity contribution < 1.29 is 27.4 Å². The van der Waals surface area contributed by atoms with Crippen LogP contribution in [0.15, 0.2) is 47.5 Å². The fraction of sp³-hybridized carbons (Fsp3) is 0.333. The summed E-state index contributed by atoms with van der Waals surface area (Å²) in [6.45, 7) is 0. The zero-order valence-electron chi connectivity index (χ0n) is 17.3. The van der Waals surface area contributed by atoms with Crippen molar-refractivity contribution in [3.8, 4) is 17.2 Å². The molecular weight excluding hydrogens is 440 g/mol. The lowest BCUT2D eigenvalue weighted by atomic mass is 10.2. The third-order valence-electron chi connectivity index (χ3n) is 5.24. The first kappa shape index (κ1) is 21.5. The first-order chi connectivity index (χ1) is 14.8. The van der Waals surface area contributed by atoms with E-state index in [1.165, 1.54) is 26.0 Å². The minimum absolute atomic E-state index is 0.0280. The van der Waals surface area contributed by atoms with Crippen LogP contribution in [0.3, 0.4) is 0 Å². The molecule has 31 heavy (non-hydrogen) atoms. The Bertz CT molecular complexity index is 1130. The van der Waals surface area contributed by atoms with Crippen LogP contribution < -0.4 is 19.1 Å². The fourth-order valence-electron chi connectivity index (χ4n) is 3.73. The molecule has 0 saturated carbocycles. The quantitative estimate of drug-likeness (QED) is 0.669. The maximum atomic E-state index is 12.9. The number of amides is 1. The summed E-state index contributed by atoms with van der Waals surface area (Å²) in [5.41, 5.74) is 1.11. The SMILES string of the molecule is COc1ccc(N2C(=NC(=O)c3ccc(OC)c(OC)c3)S[C@@H]3CS(=O)(=O)C[C@@H]32)cc1. The Hall–Kier alpha value is -2.72. The lowest BCUT2D eigenvalue weighted by Gasteiger charge is -2.24. The van der Waals surface area contributed by atoms with Gasteiger partial charge in [0.05, 0.1) is 38.9 Å². The van der Waals surface area contributed by atoms with E-state index in [2.05, 4.69) is 4.99 Å². The average Bonchev–Trinajstić information content (AvgIpc) is 3.23. The van der Waals surface area contributed by atoms with Crippen molar-refractivity contribution in [1.82, 2.24) is 0 Å². The standard InChI is InChI=1S/C21H22N2O6S2/c1-27-15-7-5-14(6-8-15)23-16-11-31(25,26)12-19(16)30-21(23)22-20(24)13-4-9-17(28-2)18(10-13)29-3/h4-10,16,19H,11-12H2,1-3H3/t16-,19+/m0/s1. The van der Waals surface area contributed by atoms with E-state index < -0.39 is 15.7 Å². The zero-order chi connectivity index (χ0) is 22.2. The Morgan fingerprint density at radius 3 is 2.35 bits per heavy atom. The molecule has 0 aromatic heterocycles. The number of amidine groups is 1. The number of anilines is 1. The molecule has 2 fully saturated rings. The van der Waals surface area contributed by atoms with Gasteiger partial charge in [-0.2, -0.15) is 4.99 Å². The van der Waals surface area contributed by atoms with E-state index in [1.807, 2.05) is 17.0 Å². The second-order valence-electron chi connectivity index (χ2n) is 7.14.